The van der Waals surface area contributed by atoms with Gasteiger partial charge in [-0.1, -0.05) is 0 Å². The fourth-order valence-electron chi connectivity index (χ4n) is 2.19. The van der Waals surface area contributed by atoms with E-state index in [2.05, 4.69) is 5.10 Å². The van der Waals surface area contributed by atoms with E-state index in [1.165, 1.54) is 0 Å². The summed E-state index contributed by atoms with van der Waals surface area (Å²) in [6, 6.07) is 0. The molecule has 0 saturated heterocycles. The average molecular weight is 281 g/mol. The summed E-state index contributed by atoms with van der Waals surface area (Å²) in [7, 11) is 1.75. The first-order valence-corrected chi connectivity index (χ1v) is 6.85. The van der Waals surface area contributed by atoms with E-state index >= 15 is 0 Å². The number of nitrogens with zero attached hydrogens (tertiary/aromatic N) is 3. The van der Waals surface area contributed by atoms with Crippen LogP contribution in [0, 0.1) is 12.8 Å². The van der Waals surface area contributed by atoms with Gasteiger partial charge in [0.25, 0.3) is 0 Å². The number of carbonyl (C=O) groups is 1. The number of rotatable bonds is 2. The second-order valence-electron chi connectivity index (χ2n) is 6.35. The topological polar surface area (TPSA) is 56.6 Å². The molecule has 2 heterocycles. The minimum atomic E-state index is -0.472. The van der Waals surface area contributed by atoms with E-state index in [0.717, 1.165) is 18.0 Å². The van der Waals surface area contributed by atoms with Crippen molar-refractivity contribution in [2.45, 2.75) is 39.8 Å². The molecule has 2 rings (SSSR count). The lowest BCUT2D eigenvalue weighted by Gasteiger charge is -2.30. The van der Waals surface area contributed by atoms with Crippen LogP contribution in [0.4, 0.5) is 4.79 Å². The molecule has 0 N–H and O–H groups in total. The lowest BCUT2D eigenvalue weighted by Crippen LogP contribution is -2.40. The van der Waals surface area contributed by atoms with Crippen molar-refractivity contribution >= 4 is 6.09 Å². The molecule has 0 fully saturated rings. The van der Waals surface area contributed by atoms with Gasteiger partial charge in [-0.2, -0.15) is 5.10 Å². The van der Waals surface area contributed by atoms with Crippen LogP contribution < -0.4 is 4.74 Å². The normalized spacial score (nSPS) is 18.1. The number of aromatic nitrogens is 2. The molecule has 6 heteroatoms. The quantitative estimate of drug-likeness (QED) is 0.832. The van der Waals surface area contributed by atoms with E-state index in [1.54, 1.807) is 18.1 Å². The number of hydrogen-bond donors (Lipinski definition) is 0. The van der Waals surface area contributed by atoms with Crippen LogP contribution in [-0.2, 0) is 11.3 Å². The molecule has 1 unspecified atom stereocenters. The Morgan fingerprint density at radius 1 is 1.60 bits per heavy atom. The van der Waals surface area contributed by atoms with Gasteiger partial charge in [-0.05, 0) is 27.7 Å². The molecule has 1 aromatic heterocycles. The maximum absolute atomic E-state index is 11.9. The largest absolute Gasteiger partial charge is 0.477 e. The van der Waals surface area contributed by atoms with E-state index in [1.807, 2.05) is 32.4 Å². The Labute approximate surface area is 119 Å². The number of aryl methyl sites for hydroxylation is 1. The Bertz CT molecular complexity index is 490. The summed E-state index contributed by atoms with van der Waals surface area (Å²) in [5.41, 5.74) is 0.574. The summed E-state index contributed by atoms with van der Waals surface area (Å²) in [6.07, 6.45) is 1.50. The van der Waals surface area contributed by atoms with Gasteiger partial charge in [0.15, 0.2) is 0 Å². The Morgan fingerprint density at radius 2 is 2.30 bits per heavy atom. The smallest absolute Gasteiger partial charge is 0.410 e. The van der Waals surface area contributed by atoms with Crippen molar-refractivity contribution in [2.75, 3.05) is 20.2 Å². The molecule has 20 heavy (non-hydrogen) atoms. The number of ether oxygens (including phenoxy) is 2. The fraction of sp³-hybridized carbons (Fsp3) is 0.714. The molecule has 6 nitrogen and oxygen atoms in total. The minimum Gasteiger partial charge on any atom is -0.477 e. The molecule has 1 aliphatic heterocycles. The van der Waals surface area contributed by atoms with Crippen molar-refractivity contribution in [1.29, 1.82) is 0 Å². The third-order valence-electron chi connectivity index (χ3n) is 3.09. The van der Waals surface area contributed by atoms with Gasteiger partial charge in [-0.15, -0.1) is 0 Å². The number of hydrogen-bond acceptors (Lipinski definition) is 4. The van der Waals surface area contributed by atoms with E-state index < -0.39 is 5.60 Å². The molecular formula is C14H23N3O3. The van der Waals surface area contributed by atoms with Crippen molar-refractivity contribution in [1.82, 2.24) is 14.7 Å². The van der Waals surface area contributed by atoms with Gasteiger partial charge in [0.05, 0.1) is 19.3 Å². The van der Waals surface area contributed by atoms with Crippen molar-refractivity contribution in [3.63, 3.8) is 0 Å². The van der Waals surface area contributed by atoms with Crippen LogP contribution in [0.5, 0.6) is 5.88 Å². The van der Waals surface area contributed by atoms with Crippen LogP contribution in [0.15, 0.2) is 6.20 Å². The highest BCUT2D eigenvalue weighted by atomic mass is 16.6. The van der Waals surface area contributed by atoms with E-state index in [9.17, 15) is 4.79 Å². The highest BCUT2D eigenvalue weighted by Crippen LogP contribution is 2.24. The molecule has 0 aliphatic carbocycles. The molecule has 1 atom stereocenters. The SMILES string of the molecule is Cc1cnn2c1OCC(CN(C)C(=O)OC(C)(C)C)C2. The monoisotopic (exact) mass is 281 g/mol. The van der Waals surface area contributed by atoms with Gasteiger partial charge < -0.3 is 14.4 Å². The molecule has 1 amide bonds. The molecule has 112 valence electrons. The predicted molar refractivity (Wildman–Crippen MR) is 74.8 cm³/mol. The standard InChI is InChI=1S/C14H23N3O3/c1-10-6-15-17-8-11(9-19-12(10)17)7-16(5)13(18)20-14(2,3)4/h6,11H,7-9H2,1-5H3. The Kier molecular flexibility index (Phi) is 3.92. The highest BCUT2D eigenvalue weighted by Gasteiger charge is 2.26. The second-order valence-corrected chi connectivity index (χ2v) is 6.35. The highest BCUT2D eigenvalue weighted by molar-refractivity contribution is 5.67. The first-order chi connectivity index (χ1) is 9.26. The van der Waals surface area contributed by atoms with Gasteiger partial charge in [0, 0.05) is 25.1 Å². The maximum Gasteiger partial charge on any atom is 0.410 e. The van der Waals surface area contributed by atoms with Crippen LogP contribution in [0.25, 0.3) is 0 Å². The molecule has 0 spiro atoms. The lowest BCUT2D eigenvalue weighted by atomic mass is 10.1. The Hall–Kier alpha value is -1.72. The maximum atomic E-state index is 11.9. The summed E-state index contributed by atoms with van der Waals surface area (Å²) in [5, 5.41) is 4.28. The van der Waals surface area contributed by atoms with E-state index in [4.69, 9.17) is 9.47 Å². The zero-order valence-electron chi connectivity index (χ0n) is 12.8. The third kappa shape index (κ3) is 3.43. The van der Waals surface area contributed by atoms with Crippen LogP contribution in [0.2, 0.25) is 0 Å². The van der Waals surface area contributed by atoms with Crippen molar-refractivity contribution in [2.24, 2.45) is 5.92 Å². The van der Waals surface area contributed by atoms with Gasteiger partial charge >= 0.3 is 6.09 Å². The molecule has 1 aliphatic rings. The third-order valence-corrected chi connectivity index (χ3v) is 3.09. The van der Waals surface area contributed by atoms with Gasteiger partial charge in [0.2, 0.25) is 5.88 Å². The van der Waals surface area contributed by atoms with Crippen LogP contribution in [-0.4, -0.2) is 46.6 Å². The van der Waals surface area contributed by atoms with Crippen LogP contribution in [0.3, 0.4) is 0 Å². The Balaban J connectivity index is 1.90. The molecule has 0 saturated carbocycles. The van der Waals surface area contributed by atoms with Crippen molar-refractivity contribution in [3.05, 3.63) is 11.8 Å². The summed E-state index contributed by atoms with van der Waals surface area (Å²) < 4.78 is 12.9. The zero-order chi connectivity index (χ0) is 14.9. The van der Waals surface area contributed by atoms with Crippen molar-refractivity contribution in [3.8, 4) is 5.88 Å². The average Bonchev–Trinajstić information content (AvgIpc) is 2.68. The van der Waals surface area contributed by atoms with Crippen molar-refractivity contribution < 1.29 is 14.3 Å². The van der Waals surface area contributed by atoms with Crippen LogP contribution in [0.1, 0.15) is 26.3 Å². The summed E-state index contributed by atoms with van der Waals surface area (Å²) >= 11 is 0. The van der Waals surface area contributed by atoms with E-state index in [0.29, 0.717) is 13.2 Å². The molecule has 1 aromatic rings. The first kappa shape index (κ1) is 14.7. The number of carbonyl (C=O) groups excluding carboxylic acids is 1. The van der Waals surface area contributed by atoms with Crippen LogP contribution >= 0.6 is 0 Å². The molecular weight excluding hydrogens is 258 g/mol. The summed E-state index contributed by atoms with van der Waals surface area (Å²) in [4.78, 5) is 13.5. The second kappa shape index (κ2) is 5.34. The van der Waals surface area contributed by atoms with Gasteiger partial charge in [-0.25, -0.2) is 9.48 Å². The fourth-order valence-corrected chi connectivity index (χ4v) is 2.19. The predicted octanol–water partition coefficient (Wildman–Crippen LogP) is 2.07. The zero-order valence-corrected chi connectivity index (χ0v) is 12.8. The number of fused-ring (bicyclic) bond motifs is 1. The first-order valence-electron chi connectivity index (χ1n) is 6.85. The minimum absolute atomic E-state index is 0.222. The van der Waals surface area contributed by atoms with E-state index in [-0.39, 0.29) is 12.0 Å². The number of amides is 1. The van der Waals surface area contributed by atoms with Gasteiger partial charge in [-0.3, -0.25) is 0 Å². The molecule has 0 radical (unpaired) electrons. The summed E-state index contributed by atoms with van der Waals surface area (Å²) in [6.45, 7) is 9.51. The summed E-state index contributed by atoms with van der Waals surface area (Å²) in [5.74, 6) is 1.06. The Morgan fingerprint density at radius 3 is 2.95 bits per heavy atom. The lowest BCUT2D eigenvalue weighted by molar-refractivity contribution is 0.0233. The van der Waals surface area contributed by atoms with Gasteiger partial charge in [0.1, 0.15) is 5.60 Å². The molecule has 0 bridgehead atoms. The molecule has 0 aromatic carbocycles.